The number of aromatic nitrogens is 2. The van der Waals surface area contributed by atoms with Crippen LogP contribution in [-0.2, 0) is 16.4 Å². The Labute approximate surface area is 211 Å². The molecule has 0 unspecified atom stereocenters. The highest BCUT2D eigenvalue weighted by atomic mass is 32.2. The Hall–Kier alpha value is -3.73. The van der Waals surface area contributed by atoms with E-state index in [2.05, 4.69) is 9.71 Å². The number of allylic oxidation sites excluding steroid dienone is 1. The maximum absolute atomic E-state index is 12.6. The third-order valence-corrected chi connectivity index (χ3v) is 7.61. The lowest BCUT2D eigenvalue weighted by molar-refractivity contribution is 0.418. The molecule has 0 saturated carbocycles. The van der Waals surface area contributed by atoms with Gasteiger partial charge in [0.05, 0.1) is 19.1 Å². The van der Waals surface area contributed by atoms with Gasteiger partial charge in [-0.05, 0) is 52.3 Å². The molecule has 2 N–H and O–H groups in total. The molecule has 0 bridgehead atoms. The van der Waals surface area contributed by atoms with Crippen LogP contribution in [0.15, 0.2) is 75.8 Å². The largest absolute Gasteiger partial charge is 0.495 e. The lowest BCUT2D eigenvalue weighted by atomic mass is 9.95. The summed E-state index contributed by atoms with van der Waals surface area (Å²) in [6.07, 6.45) is 5.15. The third-order valence-electron chi connectivity index (χ3n) is 6.03. The van der Waals surface area contributed by atoms with Crippen LogP contribution in [0.25, 0.3) is 32.8 Å². The number of H-pyrrole nitrogens is 1. The number of nitrogens with one attached hydrogen (secondary N) is 2. The van der Waals surface area contributed by atoms with Gasteiger partial charge in [0.2, 0.25) is 10.0 Å². The lowest BCUT2D eigenvalue weighted by Crippen LogP contribution is -2.32. The number of nitrogens with zero attached hydrogens (tertiary/aromatic N) is 1. The van der Waals surface area contributed by atoms with Crippen LogP contribution in [0.4, 0.5) is 0 Å². The zero-order valence-electron chi connectivity index (χ0n) is 19.6. The van der Waals surface area contributed by atoms with Gasteiger partial charge in [0.1, 0.15) is 5.75 Å². The molecule has 2 aromatic heterocycles. The smallest absolute Gasteiger partial charge is 0.332 e. The zero-order valence-corrected chi connectivity index (χ0v) is 21.2. The van der Waals surface area contributed by atoms with Crippen molar-refractivity contribution in [1.82, 2.24) is 14.3 Å². The molecule has 0 saturated heterocycles. The minimum absolute atomic E-state index is 0.228. The van der Waals surface area contributed by atoms with Crippen LogP contribution in [0.1, 0.15) is 11.1 Å². The summed E-state index contributed by atoms with van der Waals surface area (Å²) >= 11 is 1.53. The second-order valence-electron chi connectivity index (χ2n) is 8.41. The summed E-state index contributed by atoms with van der Waals surface area (Å²) < 4.78 is 32.6. The molecular formula is C26H23N3O5S2. The van der Waals surface area contributed by atoms with Gasteiger partial charge in [0, 0.05) is 34.8 Å². The minimum Gasteiger partial charge on any atom is -0.495 e. The van der Waals surface area contributed by atoms with Gasteiger partial charge in [-0.3, -0.25) is 4.79 Å². The van der Waals surface area contributed by atoms with Crippen LogP contribution in [-0.4, -0.2) is 37.9 Å². The summed E-state index contributed by atoms with van der Waals surface area (Å²) in [5, 5.41) is 1.95. The van der Waals surface area contributed by atoms with E-state index in [1.54, 1.807) is 19.2 Å². The van der Waals surface area contributed by atoms with Crippen LogP contribution in [0, 0.1) is 0 Å². The van der Waals surface area contributed by atoms with Crippen molar-refractivity contribution in [2.75, 3.05) is 19.9 Å². The van der Waals surface area contributed by atoms with E-state index in [0.717, 1.165) is 49.1 Å². The Bertz CT molecular complexity index is 1690. The highest BCUT2D eigenvalue weighted by Gasteiger charge is 2.21. The summed E-state index contributed by atoms with van der Waals surface area (Å²) in [5.41, 5.74) is 4.78. The van der Waals surface area contributed by atoms with Crippen LogP contribution in [0.2, 0.25) is 0 Å². The predicted octanol–water partition coefficient (Wildman–Crippen LogP) is 3.42. The van der Waals surface area contributed by atoms with E-state index in [1.807, 2.05) is 41.8 Å². The number of aromatic amines is 1. The molecular weight excluding hydrogens is 498 g/mol. The fourth-order valence-corrected chi connectivity index (χ4v) is 5.58. The maximum Gasteiger partial charge on any atom is 0.332 e. The second kappa shape index (κ2) is 9.38. The van der Waals surface area contributed by atoms with Crippen LogP contribution in [0.5, 0.6) is 5.75 Å². The van der Waals surface area contributed by atoms with Gasteiger partial charge in [-0.25, -0.2) is 22.5 Å². The van der Waals surface area contributed by atoms with Crippen LogP contribution in [0.3, 0.4) is 0 Å². The second-order valence-corrected chi connectivity index (χ2v) is 11.2. The zero-order chi connectivity index (χ0) is 25.4. The van der Waals surface area contributed by atoms with Crippen molar-refractivity contribution in [2.24, 2.45) is 0 Å². The molecule has 10 heteroatoms. The average molecular weight is 522 g/mol. The Balaban J connectivity index is 1.66. The lowest BCUT2D eigenvalue weighted by Gasteiger charge is -2.17. The first-order valence-electron chi connectivity index (χ1n) is 11.1. The maximum atomic E-state index is 12.6. The van der Waals surface area contributed by atoms with Gasteiger partial charge in [-0.2, -0.15) is 0 Å². The molecule has 5 rings (SSSR count). The van der Waals surface area contributed by atoms with Gasteiger partial charge in [-0.1, -0.05) is 30.3 Å². The highest BCUT2D eigenvalue weighted by Crippen LogP contribution is 2.43. The SMILES string of the molecule is COc1c(-c2ccc3c(c2)CC=C3CNS(C)(=O)=O)cc(-n2c(=O)cc[nH]c2=O)cc1-c1cccs1. The number of hydrogen-bond donors (Lipinski definition) is 2. The molecule has 1 aliphatic rings. The van der Waals surface area contributed by atoms with Gasteiger partial charge in [0.15, 0.2) is 0 Å². The van der Waals surface area contributed by atoms with Crippen molar-refractivity contribution >= 4 is 26.9 Å². The molecule has 0 aliphatic heterocycles. The van der Waals surface area contributed by atoms with E-state index in [-0.39, 0.29) is 6.54 Å². The third kappa shape index (κ3) is 4.58. The molecule has 0 radical (unpaired) electrons. The number of methoxy groups -OCH3 is 1. The van der Waals surface area contributed by atoms with Crippen molar-refractivity contribution in [3.05, 3.63) is 98.1 Å². The van der Waals surface area contributed by atoms with Crippen LogP contribution < -0.4 is 20.7 Å². The minimum atomic E-state index is -3.30. The van der Waals surface area contributed by atoms with E-state index in [9.17, 15) is 18.0 Å². The molecule has 0 amide bonds. The monoisotopic (exact) mass is 521 g/mol. The van der Waals surface area contributed by atoms with Crippen molar-refractivity contribution in [1.29, 1.82) is 0 Å². The van der Waals surface area contributed by atoms with E-state index in [4.69, 9.17) is 4.74 Å². The predicted molar refractivity (Wildman–Crippen MR) is 142 cm³/mol. The Morgan fingerprint density at radius 3 is 2.58 bits per heavy atom. The molecule has 0 spiro atoms. The summed E-state index contributed by atoms with van der Waals surface area (Å²) in [7, 11) is -1.70. The first-order chi connectivity index (χ1) is 17.2. The Morgan fingerprint density at radius 1 is 1.08 bits per heavy atom. The number of hydrogen-bond acceptors (Lipinski definition) is 6. The van der Waals surface area contributed by atoms with Gasteiger partial charge < -0.3 is 9.72 Å². The molecule has 1 aliphatic carbocycles. The molecule has 36 heavy (non-hydrogen) atoms. The summed E-state index contributed by atoms with van der Waals surface area (Å²) in [6, 6.07) is 14.7. The summed E-state index contributed by atoms with van der Waals surface area (Å²) in [6.45, 7) is 0.228. The van der Waals surface area contributed by atoms with Crippen molar-refractivity contribution in [2.45, 2.75) is 6.42 Å². The topological polar surface area (TPSA) is 110 Å². The van der Waals surface area contributed by atoms with Gasteiger partial charge in [-0.15, -0.1) is 11.3 Å². The number of sulfonamides is 1. The first kappa shape index (κ1) is 24.0. The standard InChI is InChI=1S/C26H23N3O5S2/c1-34-25-21(17-7-8-20-16(12-17)5-6-18(20)15-28-36(2,32)33)13-19(14-22(25)23-4-3-11-35-23)29-24(30)9-10-27-26(29)31/h3-4,6-14,28H,5,15H2,1-2H3,(H,27,31). The van der Waals surface area contributed by atoms with E-state index in [0.29, 0.717) is 17.9 Å². The van der Waals surface area contributed by atoms with E-state index in [1.165, 1.54) is 23.6 Å². The number of fused-ring (bicyclic) bond motifs is 1. The molecule has 8 nitrogen and oxygen atoms in total. The molecule has 4 aromatic rings. The molecule has 184 valence electrons. The normalized spacial score (nSPS) is 12.9. The number of rotatable bonds is 7. The van der Waals surface area contributed by atoms with Gasteiger partial charge in [0.25, 0.3) is 5.56 Å². The average Bonchev–Trinajstić information content (AvgIpc) is 3.51. The van der Waals surface area contributed by atoms with Crippen molar-refractivity contribution in [3.63, 3.8) is 0 Å². The fraction of sp³-hybridized carbons (Fsp3) is 0.154. The van der Waals surface area contributed by atoms with Crippen LogP contribution >= 0.6 is 11.3 Å². The molecule has 2 aromatic carbocycles. The number of ether oxygens (including phenoxy) is 1. The van der Waals surface area contributed by atoms with Gasteiger partial charge >= 0.3 is 5.69 Å². The quantitative estimate of drug-likeness (QED) is 0.387. The molecule has 0 atom stereocenters. The van der Waals surface area contributed by atoms with Crippen molar-refractivity contribution < 1.29 is 13.2 Å². The van der Waals surface area contributed by atoms with E-state index < -0.39 is 21.3 Å². The number of thiophene rings is 1. The molecule has 0 fully saturated rings. The number of benzene rings is 2. The summed E-state index contributed by atoms with van der Waals surface area (Å²) in [4.78, 5) is 28.7. The summed E-state index contributed by atoms with van der Waals surface area (Å²) in [5.74, 6) is 0.631. The fourth-order valence-electron chi connectivity index (χ4n) is 4.42. The van der Waals surface area contributed by atoms with Crippen molar-refractivity contribution in [3.8, 4) is 33.0 Å². The Morgan fingerprint density at radius 2 is 1.89 bits per heavy atom. The first-order valence-corrected chi connectivity index (χ1v) is 13.9. The van der Waals surface area contributed by atoms with E-state index >= 15 is 0 Å². The highest BCUT2D eigenvalue weighted by molar-refractivity contribution is 7.88. The Kier molecular flexibility index (Phi) is 6.25. The molecule has 2 heterocycles.